The zero-order chi connectivity index (χ0) is 14.1. The van der Waals surface area contributed by atoms with E-state index < -0.39 is 6.10 Å². The molecule has 1 N–H and O–H groups in total. The van der Waals surface area contributed by atoms with Crippen LogP contribution in [0, 0.1) is 0 Å². The smallest absolute Gasteiger partial charge is 0.231 e. The third-order valence-corrected chi connectivity index (χ3v) is 3.74. The lowest BCUT2D eigenvalue weighted by Crippen LogP contribution is -2.02. The minimum Gasteiger partial charge on any atom is -0.454 e. The van der Waals surface area contributed by atoms with Crippen molar-refractivity contribution in [3.05, 3.63) is 51.2 Å². The predicted molar refractivity (Wildman–Crippen MR) is 78.2 cm³/mol. The maximum atomic E-state index is 10.3. The third-order valence-electron chi connectivity index (χ3n) is 3.02. The van der Waals surface area contributed by atoms with Crippen LogP contribution < -0.4 is 9.47 Å². The lowest BCUT2D eigenvalue weighted by molar-refractivity contribution is 0.171. The first-order chi connectivity index (χ1) is 9.63. The molecule has 20 heavy (non-hydrogen) atoms. The number of nitrogens with zero attached hydrogens (tertiary/aromatic N) is 1. The van der Waals surface area contributed by atoms with E-state index in [0.29, 0.717) is 28.5 Å². The standard InChI is InChI=1S/C14H11BrClNO3/c15-10-1-8(5-17-6-10)2-12(18)9-3-11(16)14-13(4-9)19-7-20-14/h1,3-6,12,18H,2,7H2. The Kier molecular flexibility index (Phi) is 3.83. The quantitative estimate of drug-likeness (QED) is 0.914. The summed E-state index contributed by atoms with van der Waals surface area (Å²) in [6, 6.07) is 5.38. The monoisotopic (exact) mass is 355 g/mol. The molecule has 0 saturated heterocycles. The van der Waals surface area contributed by atoms with Crippen molar-refractivity contribution in [2.45, 2.75) is 12.5 Å². The van der Waals surface area contributed by atoms with Crippen LogP contribution in [0.15, 0.2) is 35.1 Å². The number of pyridine rings is 1. The molecule has 0 radical (unpaired) electrons. The molecule has 1 aromatic heterocycles. The van der Waals surface area contributed by atoms with Crippen molar-refractivity contribution < 1.29 is 14.6 Å². The van der Waals surface area contributed by atoms with Crippen LogP contribution >= 0.6 is 27.5 Å². The molecule has 0 saturated carbocycles. The molecule has 1 unspecified atom stereocenters. The molecular weight excluding hydrogens is 346 g/mol. The van der Waals surface area contributed by atoms with Gasteiger partial charge in [-0.25, -0.2) is 0 Å². The van der Waals surface area contributed by atoms with Gasteiger partial charge < -0.3 is 14.6 Å². The topological polar surface area (TPSA) is 51.6 Å². The number of fused-ring (bicyclic) bond motifs is 1. The van der Waals surface area contributed by atoms with Gasteiger partial charge in [-0.15, -0.1) is 0 Å². The molecule has 0 spiro atoms. The van der Waals surface area contributed by atoms with E-state index in [1.165, 1.54) is 0 Å². The van der Waals surface area contributed by atoms with Crippen molar-refractivity contribution in [3.8, 4) is 11.5 Å². The minimum atomic E-state index is -0.682. The fraction of sp³-hybridized carbons (Fsp3) is 0.214. The van der Waals surface area contributed by atoms with E-state index in [2.05, 4.69) is 20.9 Å². The maximum absolute atomic E-state index is 10.3. The van der Waals surface area contributed by atoms with E-state index in [1.807, 2.05) is 6.07 Å². The van der Waals surface area contributed by atoms with Crippen molar-refractivity contribution in [3.63, 3.8) is 0 Å². The molecule has 3 rings (SSSR count). The molecule has 104 valence electrons. The van der Waals surface area contributed by atoms with Crippen molar-refractivity contribution in [2.75, 3.05) is 6.79 Å². The van der Waals surface area contributed by atoms with E-state index in [1.54, 1.807) is 24.5 Å². The number of hydrogen-bond acceptors (Lipinski definition) is 4. The van der Waals surface area contributed by atoms with Crippen LogP contribution in [-0.4, -0.2) is 16.9 Å². The highest BCUT2D eigenvalue weighted by Crippen LogP contribution is 2.41. The van der Waals surface area contributed by atoms with Crippen LogP contribution in [0.25, 0.3) is 0 Å². The molecule has 0 aliphatic carbocycles. The Morgan fingerprint density at radius 1 is 1.30 bits per heavy atom. The minimum absolute atomic E-state index is 0.157. The summed E-state index contributed by atoms with van der Waals surface area (Å²) < 4.78 is 11.4. The molecule has 6 heteroatoms. The van der Waals surface area contributed by atoms with Gasteiger partial charge in [0.05, 0.1) is 11.1 Å². The second-order valence-electron chi connectivity index (χ2n) is 4.47. The maximum Gasteiger partial charge on any atom is 0.231 e. The van der Waals surface area contributed by atoms with Crippen molar-refractivity contribution in [1.82, 2.24) is 4.98 Å². The van der Waals surface area contributed by atoms with Gasteiger partial charge in [0, 0.05) is 23.3 Å². The van der Waals surface area contributed by atoms with Gasteiger partial charge in [-0.3, -0.25) is 4.98 Å². The normalized spacial score (nSPS) is 14.3. The highest BCUT2D eigenvalue weighted by molar-refractivity contribution is 9.10. The number of aromatic nitrogens is 1. The zero-order valence-corrected chi connectivity index (χ0v) is 12.7. The van der Waals surface area contributed by atoms with Gasteiger partial charge in [-0.1, -0.05) is 11.6 Å². The van der Waals surface area contributed by atoms with E-state index in [9.17, 15) is 5.11 Å². The van der Waals surface area contributed by atoms with Crippen LogP contribution in [-0.2, 0) is 6.42 Å². The lowest BCUT2D eigenvalue weighted by atomic mass is 10.0. The van der Waals surface area contributed by atoms with Crippen LogP contribution in [0.3, 0.4) is 0 Å². The highest BCUT2D eigenvalue weighted by atomic mass is 79.9. The highest BCUT2D eigenvalue weighted by Gasteiger charge is 2.21. The van der Waals surface area contributed by atoms with Crippen LogP contribution in [0.1, 0.15) is 17.2 Å². The largest absolute Gasteiger partial charge is 0.454 e. The number of ether oxygens (including phenoxy) is 2. The van der Waals surface area contributed by atoms with E-state index in [4.69, 9.17) is 21.1 Å². The average Bonchev–Trinajstić information content (AvgIpc) is 2.87. The Bertz CT molecular complexity index is 650. The van der Waals surface area contributed by atoms with Gasteiger partial charge >= 0.3 is 0 Å². The molecule has 4 nitrogen and oxygen atoms in total. The molecule has 0 bridgehead atoms. The second-order valence-corrected chi connectivity index (χ2v) is 5.79. The van der Waals surface area contributed by atoms with Gasteiger partial charge in [-0.05, 0) is 45.3 Å². The van der Waals surface area contributed by atoms with Gasteiger partial charge in [0.15, 0.2) is 11.5 Å². The average molecular weight is 357 g/mol. The molecule has 2 aromatic rings. The fourth-order valence-corrected chi connectivity index (χ4v) is 2.77. The van der Waals surface area contributed by atoms with E-state index in [-0.39, 0.29) is 6.79 Å². The Morgan fingerprint density at radius 3 is 2.95 bits per heavy atom. The SMILES string of the molecule is OC(Cc1cncc(Br)c1)c1cc(Cl)c2c(c1)OCO2. The van der Waals surface area contributed by atoms with Gasteiger partial charge in [0.2, 0.25) is 6.79 Å². The number of hydrogen-bond donors (Lipinski definition) is 1. The van der Waals surface area contributed by atoms with Crippen LogP contribution in [0.5, 0.6) is 11.5 Å². The molecule has 1 aliphatic heterocycles. The summed E-state index contributed by atoms with van der Waals surface area (Å²) >= 11 is 9.47. The number of aliphatic hydroxyl groups is 1. The summed E-state index contributed by atoms with van der Waals surface area (Å²) in [7, 11) is 0. The Balaban J connectivity index is 1.84. The summed E-state index contributed by atoms with van der Waals surface area (Å²) in [4.78, 5) is 4.08. The lowest BCUT2D eigenvalue weighted by Gasteiger charge is -2.12. The molecule has 1 aromatic carbocycles. The van der Waals surface area contributed by atoms with E-state index >= 15 is 0 Å². The number of rotatable bonds is 3. The first-order valence-corrected chi connectivity index (χ1v) is 7.17. The molecule has 0 fully saturated rings. The van der Waals surface area contributed by atoms with Crippen molar-refractivity contribution in [1.29, 1.82) is 0 Å². The molecule has 1 aliphatic rings. The first-order valence-electron chi connectivity index (χ1n) is 6.00. The van der Waals surface area contributed by atoms with Crippen LogP contribution in [0.4, 0.5) is 0 Å². The summed E-state index contributed by atoms with van der Waals surface area (Å²) in [5, 5.41) is 10.8. The fourth-order valence-electron chi connectivity index (χ4n) is 2.09. The molecule has 1 atom stereocenters. The van der Waals surface area contributed by atoms with Crippen LogP contribution in [0.2, 0.25) is 5.02 Å². The van der Waals surface area contributed by atoms with Crippen molar-refractivity contribution in [2.24, 2.45) is 0 Å². The summed E-state index contributed by atoms with van der Waals surface area (Å²) in [5.74, 6) is 1.10. The molecule has 2 heterocycles. The van der Waals surface area contributed by atoms with Gasteiger partial charge in [0.1, 0.15) is 0 Å². The Morgan fingerprint density at radius 2 is 2.15 bits per heavy atom. The van der Waals surface area contributed by atoms with E-state index in [0.717, 1.165) is 10.0 Å². The number of halogens is 2. The first kappa shape index (κ1) is 13.7. The van der Waals surface area contributed by atoms with Gasteiger partial charge in [-0.2, -0.15) is 0 Å². The van der Waals surface area contributed by atoms with Gasteiger partial charge in [0.25, 0.3) is 0 Å². The Labute approximate surface area is 129 Å². The number of benzene rings is 1. The molecular formula is C14H11BrClNO3. The summed E-state index contributed by atoms with van der Waals surface area (Å²) in [5.41, 5.74) is 1.62. The summed E-state index contributed by atoms with van der Waals surface area (Å²) in [6.07, 6.45) is 3.19. The Hall–Kier alpha value is -1.30. The third kappa shape index (κ3) is 2.75. The van der Waals surface area contributed by atoms with Crippen molar-refractivity contribution >= 4 is 27.5 Å². The molecule has 0 amide bonds. The predicted octanol–water partition coefficient (Wildman–Crippen LogP) is 3.50. The zero-order valence-electron chi connectivity index (χ0n) is 10.3. The second kappa shape index (κ2) is 5.60. The summed E-state index contributed by atoms with van der Waals surface area (Å²) in [6.45, 7) is 0.157. The number of aliphatic hydroxyl groups excluding tert-OH is 1.